The van der Waals surface area contributed by atoms with Crippen LogP contribution in [0, 0.1) is 17.4 Å². The number of ether oxygens (including phenoxy) is 2. The molecule has 4 aliphatic rings. The minimum atomic E-state index is -0.428. The van der Waals surface area contributed by atoms with Crippen LogP contribution in [-0.2, 0) is 26.7 Å². The summed E-state index contributed by atoms with van der Waals surface area (Å²) in [7, 11) is 1.75. The summed E-state index contributed by atoms with van der Waals surface area (Å²) in [5.41, 5.74) is -0.272. The zero-order valence-electron chi connectivity index (χ0n) is 10.8. The van der Waals surface area contributed by atoms with Gasteiger partial charge in [-0.2, -0.15) is 0 Å². The summed E-state index contributed by atoms with van der Waals surface area (Å²) in [5.74, 6) is 0.243. The first-order chi connectivity index (χ1) is 8.60. The Labute approximate surface area is 127 Å². The second-order valence-electron chi connectivity index (χ2n) is 5.56. The van der Waals surface area contributed by atoms with Gasteiger partial charge in [0.25, 0.3) is 0 Å². The van der Waals surface area contributed by atoms with Crippen molar-refractivity contribution in [2.45, 2.75) is 44.0 Å². The van der Waals surface area contributed by atoms with Crippen LogP contribution < -0.4 is 0 Å². The molecule has 104 valence electrons. The molecule has 1 unspecified atom stereocenters. The molecule has 3 fully saturated rings. The van der Waals surface area contributed by atoms with Crippen molar-refractivity contribution in [3.8, 4) is 0 Å². The molecule has 4 rings (SSSR count). The van der Waals surface area contributed by atoms with E-state index in [0.29, 0.717) is 5.92 Å². The number of hydrogen-bond donors (Lipinski definition) is 0. The number of fused-ring (bicyclic) bond motifs is 1. The number of rotatable bonds is 2. The topological polar surface area (TPSA) is 18.5 Å². The zero-order valence-corrected chi connectivity index (χ0v) is 13.9. The molecule has 0 spiro atoms. The molecule has 2 nitrogen and oxygen atoms in total. The van der Waals surface area contributed by atoms with Crippen LogP contribution in [-0.4, -0.2) is 18.5 Å². The molecule has 4 atom stereocenters. The fourth-order valence-corrected chi connectivity index (χ4v) is 3.80. The van der Waals surface area contributed by atoms with Crippen molar-refractivity contribution in [3.63, 3.8) is 0 Å². The van der Waals surface area contributed by atoms with E-state index in [0.717, 1.165) is 25.7 Å². The third-order valence-corrected chi connectivity index (χ3v) is 5.06. The Morgan fingerprint density at radius 1 is 1.56 bits per heavy atom. The Hall–Kier alpha value is 0.542. The third-order valence-electron chi connectivity index (χ3n) is 5.06. The number of methoxy groups -OCH3 is 1. The molecule has 2 aliphatic carbocycles. The molecule has 0 aromatic heterocycles. The van der Waals surface area contributed by atoms with E-state index in [1.807, 2.05) is 6.08 Å². The van der Waals surface area contributed by atoms with Crippen LogP contribution in [0.1, 0.15) is 32.6 Å². The fraction of sp³-hybridized carbons (Fsp3) is 0.714. The van der Waals surface area contributed by atoms with E-state index in [4.69, 9.17) is 9.47 Å². The molecule has 0 aromatic rings. The van der Waals surface area contributed by atoms with Crippen molar-refractivity contribution in [3.05, 3.63) is 24.8 Å². The maximum atomic E-state index is 6.25. The van der Waals surface area contributed by atoms with Gasteiger partial charge in [-0.05, 0) is 23.4 Å². The van der Waals surface area contributed by atoms with Crippen molar-refractivity contribution >= 4 is 13.4 Å². The summed E-state index contributed by atoms with van der Waals surface area (Å²) >= 11 is 5.35. The molecule has 0 amide bonds. The average Bonchev–Trinajstić information content (AvgIpc) is 2.41. The number of halogens is 1. The predicted octanol–water partition coefficient (Wildman–Crippen LogP) is 3.70. The Bertz CT molecular complexity index is 373. The maximum absolute atomic E-state index is 6.25. The zero-order chi connectivity index (χ0) is 13.4. The van der Waals surface area contributed by atoms with Gasteiger partial charge in [0.05, 0.1) is 0 Å². The second-order valence-corrected chi connectivity index (χ2v) is 5.56. The second kappa shape index (κ2) is 5.15. The fourth-order valence-electron chi connectivity index (χ4n) is 3.80. The molecular formula is C14H19BrO2Pd. The van der Waals surface area contributed by atoms with Gasteiger partial charge in [0.1, 0.15) is 0 Å². The van der Waals surface area contributed by atoms with Crippen LogP contribution in [0.3, 0.4) is 0 Å². The first kappa shape index (κ1) is 14.9. The number of hydrogen-bond acceptors (Lipinski definition) is 2. The molecule has 0 aromatic carbocycles. The average molecular weight is 406 g/mol. The van der Waals surface area contributed by atoms with E-state index in [2.05, 4.69) is 56.3 Å². The molecule has 2 saturated heterocycles. The molecule has 4 heteroatoms. The van der Waals surface area contributed by atoms with E-state index in [9.17, 15) is 0 Å². The molecule has 0 radical (unpaired) electrons. The quantitative estimate of drug-likeness (QED) is 0.396. The minimum absolute atomic E-state index is 0.157. The summed E-state index contributed by atoms with van der Waals surface area (Å²) in [6, 6.07) is 0. The molecular weight excluding hydrogens is 386 g/mol. The Morgan fingerprint density at radius 3 is 2.89 bits per heavy atom. The van der Waals surface area contributed by atoms with Gasteiger partial charge in [-0.3, -0.25) is 6.08 Å². The van der Waals surface area contributed by atoms with E-state index in [-0.39, 0.29) is 5.41 Å². The molecule has 18 heavy (non-hydrogen) atoms. The van der Waals surface area contributed by atoms with Crippen molar-refractivity contribution < 1.29 is 26.7 Å². The van der Waals surface area contributed by atoms with E-state index < -0.39 is 11.4 Å². The molecule has 4 bridgehead atoms. The Balaban J connectivity index is 0.000000574. The molecule has 1 saturated carbocycles. The van der Waals surface area contributed by atoms with Gasteiger partial charge in [-0.25, -0.2) is 0 Å². The van der Waals surface area contributed by atoms with Crippen molar-refractivity contribution in [2.24, 2.45) is 11.3 Å². The SMILES string of the molecule is C=C[C@@]12[C-]=CC[C@@H]3CC(OC)(CC[C@@]31C)O2.[Br][Pd+]. The predicted molar refractivity (Wildman–Crippen MR) is 70.6 cm³/mol. The van der Waals surface area contributed by atoms with Crippen LogP contribution in [0.15, 0.2) is 18.7 Å². The summed E-state index contributed by atoms with van der Waals surface area (Å²) in [6.07, 6.45) is 11.7. The summed E-state index contributed by atoms with van der Waals surface area (Å²) in [5, 5.41) is 0. The molecule has 2 aliphatic heterocycles. The van der Waals surface area contributed by atoms with Gasteiger partial charge in [0, 0.05) is 20.0 Å². The first-order valence-electron chi connectivity index (χ1n) is 6.20. The van der Waals surface area contributed by atoms with Crippen LogP contribution in [0.4, 0.5) is 0 Å². The van der Waals surface area contributed by atoms with Gasteiger partial charge < -0.3 is 15.5 Å². The van der Waals surface area contributed by atoms with Gasteiger partial charge in [-0.15, -0.1) is 6.58 Å². The van der Waals surface area contributed by atoms with Crippen LogP contribution in [0.25, 0.3) is 0 Å². The Kier molecular flexibility index (Phi) is 4.27. The summed E-state index contributed by atoms with van der Waals surface area (Å²) < 4.78 is 11.9. The van der Waals surface area contributed by atoms with Gasteiger partial charge >= 0.3 is 30.6 Å². The van der Waals surface area contributed by atoms with Gasteiger partial charge in [0.15, 0.2) is 5.79 Å². The summed E-state index contributed by atoms with van der Waals surface area (Å²) in [6.45, 7) is 6.28. The van der Waals surface area contributed by atoms with Gasteiger partial charge in [0.2, 0.25) is 0 Å². The Morgan fingerprint density at radius 2 is 2.28 bits per heavy atom. The summed E-state index contributed by atoms with van der Waals surface area (Å²) in [4.78, 5) is 0. The molecule has 0 N–H and O–H groups in total. The normalized spacial score (nSPS) is 48.4. The van der Waals surface area contributed by atoms with E-state index in [1.165, 1.54) is 0 Å². The van der Waals surface area contributed by atoms with Crippen molar-refractivity contribution in [1.29, 1.82) is 0 Å². The first-order valence-corrected chi connectivity index (χ1v) is 9.75. The van der Waals surface area contributed by atoms with Crippen LogP contribution in [0.2, 0.25) is 0 Å². The van der Waals surface area contributed by atoms with Gasteiger partial charge in [-0.1, -0.05) is 19.4 Å². The third kappa shape index (κ3) is 1.84. The van der Waals surface area contributed by atoms with E-state index in [1.54, 1.807) is 7.11 Å². The number of allylic oxidation sites excluding steroid dienone is 1. The van der Waals surface area contributed by atoms with Crippen molar-refractivity contribution in [2.75, 3.05) is 7.11 Å². The van der Waals surface area contributed by atoms with Crippen LogP contribution in [0.5, 0.6) is 0 Å². The van der Waals surface area contributed by atoms with E-state index >= 15 is 0 Å². The monoisotopic (exact) mass is 404 g/mol. The molecule has 2 heterocycles. The standard InChI is InChI=1S/C14H19O2.BrH.Pd/c1-4-13-7-5-6-11-10-14(15-3,16-13)9-8-12(11,13)2;;/h4-5,11H,1,6,8-10H2,2-3H3;1H;/q-1;;+2/p-1/t11-,12+,13-,14?;;/m1../s1. The van der Waals surface area contributed by atoms with Crippen LogP contribution >= 0.6 is 13.4 Å². The van der Waals surface area contributed by atoms with Crippen molar-refractivity contribution in [1.82, 2.24) is 0 Å².